The fraction of sp³-hybridized carbons (Fsp3) is 0.119. The zero-order chi connectivity index (χ0) is 33.0. The van der Waals surface area contributed by atoms with Gasteiger partial charge in [-0.25, -0.2) is 4.98 Å². The first-order valence-electron chi connectivity index (χ1n) is 16.2. The molecule has 0 aliphatic carbocycles. The van der Waals surface area contributed by atoms with Crippen LogP contribution in [0, 0.1) is 30.1 Å². The molecule has 3 heterocycles. The average Bonchev–Trinajstić information content (AvgIpc) is 3.62. The molecule has 49 heavy (non-hydrogen) atoms. The number of pyridine rings is 1. The molecular weight excluding hydrogens is 780 g/mol. The van der Waals surface area contributed by atoms with Crippen LogP contribution < -0.4 is 26.2 Å². The Hall–Kier alpha value is -5.11. The van der Waals surface area contributed by atoms with E-state index in [9.17, 15) is 5.26 Å². The zero-order valence-corrected chi connectivity index (χ0v) is 30.0. The fourth-order valence-electron chi connectivity index (χ4n) is 6.85. The molecule has 0 saturated carbocycles. The normalized spacial score (nSPS) is 12.6. The van der Waals surface area contributed by atoms with Gasteiger partial charge in [-0.3, -0.25) is 0 Å². The number of hydrogen-bond acceptors (Lipinski definition) is 4. The van der Waals surface area contributed by atoms with Crippen LogP contribution in [-0.2, 0) is 26.5 Å². The first kappa shape index (κ1) is 32.4. The Kier molecular flexibility index (Phi) is 8.43. The van der Waals surface area contributed by atoms with Gasteiger partial charge in [-0.2, -0.15) is 65.3 Å². The van der Waals surface area contributed by atoms with Crippen molar-refractivity contribution in [1.29, 1.82) is 5.26 Å². The van der Waals surface area contributed by atoms with Gasteiger partial charge in [0, 0.05) is 44.2 Å². The van der Waals surface area contributed by atoms with E-state index >= 15 is 0 Å². The summed E-state index contributed by atoms with van der Waals surface area (Å²) in [5.41, 5.74) is 10.2. The maximum absolute atomic E-state index is 9.77. The molecule has 0 radical (unpaired) electrons. The van der Waals surface area contributed by atoms with Crippen molar-refractivity contribution in [3.63, 3.8) is 0 Å². The molecule has 0 fully saturated rings. The van der Waals surface area contributed by atoms with E-state index in [4.69, 9.17) is 4.98 Å². The van der Waals surface area contributed by atoms with Gasteiger partial charge in [0.05, 0.1) is 11.6 Å². The van der Waals surface area contributed by atoms with E-state index in [1.165, 1.54) is 5.56 Å². The predicted octanol–water partition coefficient (Wildman–Crippen LogP) is 7.17. The number of para-hydroxylation sites is 2. The summed E-state index contributed by atoms with van der Waals surface area (Å²) < 4.78 is 2.19. The molecule has 0 spiro atoms. The van der Waals surface area contributed by atoms with Crippen LogP contribution in [0.2, 0.25) is 0 Å². The van der Waals surface area contributed by atoms with Crippen LogP contribution in [0.1, 0.15) is 31.9 Å². The van der Waals surface area contributed by atoms with Crippen LogP contribution in [0.3, 0.4) is 0 Å². The SMILES string of the molecule is CN1[CH-]N(c2[c-]c(B(c3[c-]c4c(cc3)c3cc(C#N)ccc3n4-c3cc(C(C)(C)C)ccn3)c3ccccc3)ccc2)c2ccccc21.[Pt]. The van der Waals surface area contributed by atoms with E-state index in [1.54, 1.807) is 0 Å². The summed E-state index contributed by atoms with van der Waals surface area (Å²) in [5.74, 6) is 0.831. The molecule has 7 heteroatoms. The minimum Gasteiger partial charge on any atom is -0.504 e. The number of nitrogens with zero attached hydrogens (tertiary/aromatic N) is 5. The van der Waals surface area contributed by atoms with Gasteiger partial charge in [0.1, 0.15) is 5.82 Å². The Balaban J connectivity index is 0.00000378. The molecule has 0 N–H and O–H groups in total. The van der Waals surface area contributed by atoms with Crippen molar-refractivity contribution >= 4 is 62.0 Å². The number of aromatic nitrogens is 2. The van der Waals surface area contributed by atoms with Crippen LogP contribution >= 0.6 is 0 Å². The van der Waals surface area contributed by atoms with Gasteiger partial charge in [0.2, 0.25) is 0 Å². The van der Waals surface area contributed by atoms with Gasteiger partial charge in [0.15, 0.2) is 6.71 Å². The average molecular weight is 814 g/mol. The fourth-order valence-corrected chi connectivity index (χ4v) is 6.85. The van der Waals surface area contributed by atoms with Crippen LogP contribution in [0.5, 0.6) is 0 Å². The Morgan fingerprint density at radius 1 is 0.776 bits per heavy atom. The smallest absolute Gasteiger partial charge is 0.191 e. The van der Waals surface area contributed by atoms with Crippen LogP contribution in [0.4, 0.5) is 17.1 Å². The van der Waals surface area contributed by atoms with Gasteiger partial charge >= 0.3 is 0 Å². The molecule has 8 rings (SSSR count). The van der Waals surface area contributed by atoms with E-state index in [0.29, 0.717) is 5.56 Å². The predicted molar refractivity (Wildman–Crippen MR) is 198 cm³/mol. The molecule has 0 unspecified atom stereocenters. The molecule has 7 aromatic rings. The largest absolute Gasteiger partial charge is 0.504 e. The second-order valence-electron chi connectivity index (χ2n) is 13.4. The maximum atomic E-state index is 9.77. The topological polar surface area (TPSA) is 48.1 Å². The molecule has 1 aliphatic rings. The van der Waals surface area contributed by atoms with Crippen LogP contribution in [0.15, 0.2) is 121 Å². The summed E-state index contributed by atoms with van der Waals surface area (Å²) in [7, 11) is 2.07. The summed E-state index contributed by atoms with van der Waals surface area (Å²) in [5, 5.41) is 11.8. The van der Waals surface area contributed by atoms with Crippen molar-refractivity contribution in [2.45, 2.75) is 26.2 Å². The van der Waals surface area contributed by atoms with Crippen molar-refractivity contribution in [1.82, 2.24) is 9.55 Å². The minimum absolute atomic E-state index is 0. The number of benzene rings is 5. The second kappa shape index (κ2) is 12.7. The molecular formula is C42H33BN5Pt-3. The van der Waals surface area contributed by atoms with Gasteiger partial charge in [-0.05, 0) is 65.9 Å². The third kappa shape index (κ3) is 5.73. The molecule has 1 aliphatic heterocycles. The van der Waals surface area contributed by atoms with Crippen molar-refractivity contribution in [3.05, 3.63) is 151 Å². The van der Waals surface area contributed by atoms with Crippen LogP contribution in [-0.4, -0.2) is 23.3 Å². The van der Waals surface area contributed by atoms with E-state index in [0.717, 1.165) is 61.1 Å². The number of rotatable bonds is 5. The third-order valence-electron chi connectivity index (χ3n) is 9.30. The summed E-state index contributed by atoms with van der Waals surface area (Å²) in [6.45, 7) is 8.64. The summed E-state index contributed by atoms with van der Waals surface area (Å²) in [4.78, 5) is 9.21. The first-order valence-corrected chi connectivity index (χ1v) is 16.2. The van der Waals surface area contributed by atoms with E-state index in [1.807, 2.05) is 24.4 Å². The number of anilines is 3. The van der Waals surface area contributed by atoms with Gasteiger partial charge < -0.3 is 14.4 Å². The number of hydrogen-bond donors (Lipinski definition) is 0. The molecule has 0 amide bonds. The third-order valence-corrected chi connectivity index (χ3v) is 9.30. The van der Waals surface area contributed by atoms with Gasteiger partial charge in [-0.1, -0.05) is 74.2 Å². The molecule has 242 valence electrons. The standard InChI is InChI=1S/C42H33BN5.Pt/c1-42(2,3)30-21-22-45-41(24-30)48-37-20-17-29(27-44)23-36(37)35-19-18-33(26-40(35)48)43(31-11-6-5-7-12-31)32-13-10-14-34(25-32)47-28-46(4)38-15-8-9-16-39(38)47;/h5-24,28H,1-4H3;/q-3;. The zero-order valence-electron chi connectivity index (χ0n) is 27.8. The second-order valence-corrected chi connectivity index (χ2v) is 13.4. The molecule has 0 bridgehead atoms. The summed E-state index contributed by atoms with van der Waals surface area (Å²) in [6.07, 6.45) is 1.89. The van der Waals surface area contributed by atoms with E-state index < -0.39 is 0 Å². The van der Waals surface area contributed by atoms with Crippen molar-refractivity contribution < 1.29 is 21.1 Å². The monoisotopic (exact) mass is 813 g/mol. The first-order chi connectivity index (χ1) is 23.3. The van der Waals surface area contributed by atoms with Gasteiger partial charge in [0.25, 0.3) is 0 Å². The Bertz CT molecular complexity index is 2370. The van der Waals surface area contributed by atoms with E-state index in [2.05, 4.69) is 164 Å². The number of nitriles is 1. The Morgan fingerprint density at radius 3 is 2.31 bits per heavy atom. The summed E-state index contributed by atoms with van der Waals surface area (Å²) in [6, 6.07) is 49.9. The maximum Gasteiger partial charge on any atom is 0.191 e. The Labute approximate surface area is 302 Å². The molecule has 5 aromatic carbocycles. The summed E-state index contributed by atoms with van der Waals surface area (Å²) >= 11 is 0. The van der Waals surface area contributed by atoms with Crippen molar-refractivity contribution in [2.24, 2.45) is 0 Å². The molecule has 2 aromatic heterocycles. The quantitative estimate of drug-likeness (QED) is 0.137. The molecule has 5 nitrogen and oxygen atoms in total. The molecule has 0 atom stereocenters. The van der Waals surface area contributed by atoms with Crippen molar-refractivity contribution in [2.75, 3.05) is 16.8 Å². The number of fused-ring (bicyclic) bond motifs is 4. The van der Waals surface area contributed by atoms with Crippen LogP contribution in [0.25, 0.3) is 27.6 Å². The van der Waals surface area contributed by atoms with E-state index in [-0.39, 0.29) is 33.2 Å². The van der Waals surface area contributed by atoms with Crippen molar-refractivity contribution in [3.8, 4) is 11.9 Å². The Morgan fingerprint density at radius 2 is 1.53 bits per heavy atom. The van der Waals surface area contributed by atoms with Gasteiger partial charge in [-0.15, -0.1) is 11.1 Å². The minimum atomic E-state index is -0.124. The molecule has 0 saturated heterocycles.